The maximum atomic E-state index is 11.8. The highest BCUT2D eigenvalue weighted by molar-refractivity contribution is 6.78. The van der Waals surface area contributed by atoms with Crippen LogP contribution < -0.4 is 0 Å². The molecule has 3 nitrogen and oxygen atoms in total. The molecular weight excluding hydrogens is 585 g/mol. The molecule has 3 aliphatic carbocycles. The van der Waals surface area contributed by atoms with Crippen LogP contribution in [0.15, 0.2) is 35.5 Å². The Balaban J connectivity index is 2.06. The van der Waals surface area contributed by atoms with Crippen molar-refractivity contribution in [2.45, 2.75) is 187 Å². The van der Waals surface area contributed by atoms with Crippen molar-refractivity contribution in [3.63, 3.8) is 0 Å². The maximum Gasteiger partial charge on any atom is 0.201 e. The van der Waals surface area contributed by atoms with E-state index in [1.807, 2.05) is 0 Å². The molecule has 5 heteroatoms. The number of fused-ring (bicyclic) bond motifs is 1. The molecule has 0 aromatic heterocycles. The Labute approximate surface area is 281 Å². The normalized spacial score (nSPS) is 31.0. The Morgan fingerprint density at radius 2 is 1.29 bits per heavy atom. The fraction of sp³-hybridized carbons (Fsp3) is 0.825. The molecule has 0 aromatic rings. The zero-order valence-corrected chi connectivity index (χ0v) is 34.0. The molecule has 0 spiro atoms. The molecule has 6 atom stereocenters. The largest absolute Gasteiger partial charge is 0.413 e. The van der Waals surface area contributed by atoms with Gasteiger partial charge in [-0.3, -0.25) is 0 Å². The molecule has 0 heterocycles. The number of aldehydes is 1. The van der Waals surface area contributed by atoms with Gasteiger partial charge in [-0.15, -0.1) is 0 Å². The van der Waals surface area contributed by atoms with Gasteiger partial charge >= 0.3 is 0 Å². The zero-order chi connectivity index (χ0) is 34.1. The first-order valence-corrected chi connectivity index (χ1v) is 23.1. The van der Waals surface area contributed by atoms with Gasteiger partial charge in [0, 0.05) is 12.3 Å². The van der Waals surface area contributed by atoms with Crippen molar-refractivity contribution in [3.8, 4) is 0 Å². The van der Waals surface area contributed by atoms with E-state index < -0.39 is 16.6 Å². The summed E-state index contributed by atoms with van der Waals surface area (Å²) in [6, 6.07) is 0. The van der Waals surface area contributed by atoms with Gasteiger partial charge < -0.3 is 13.6 Å². The maximum absolute atomic E-state index is 11.8. The number of hydrogen-bond donors (Lipinski definition) is 0. The molecule has 0 radical (unpaired) electrons. The fourth-order valence-electron chi connectivity index (χ4n) is 11.2. The standard InChI is InChI=1S/C40H72O3Si2/c1-26(2)44(27(3)4,28(5)6)42-36-23-35(33(14)39(24-36)43-45(29(7)8,30(9)10)31(11)12)19-18-34-17-16-22-40(15)37(32(13)25-41)20-21-38(34)40/h18-19,25-32,36-39H,14,16-17,20-24H2,1-13,15H3/b34-18?,35-19+/t32-,36-,37-,38+,39+,40-/m1/s1. The summed E-state index contributed by atoms with van der Waals surface area (Å²) in [7, 11) is -4.19. The number of carbonyl (C=O) groups excluding carboxylic acids is 1. The van der Waals surface area contributed by atoms with Crippen LogP contribution in [0.1, 0.15) is 142 Å². The van der Waals surface area contributed by atoms with E-state index in [0.717, 1.165) is 12.8 Å². The highest BCUT2D eigenvalue weighted by Gasteiger charge is 2.52. The summed E-state index contributed by atoms with van der Waals surface area (Å²) in [5.41, 5.74) is 7.59. The van der Waals surface area contributed by atoms with E-state index in [2.05, 4.69) is 109 Å². The van der Waals surface area contributed by atoms with E-state index in [1.165, 1.54) is 49.5 Å². The van der Waals surface area contributed by atoms with Gasteiger partial charge in [-0.25, -0.2) is 0 Å². The van der Waals surface area contributed by atoms with Crippen LogP contribution in [0.4, 0.5) is 0 Å². The molecule has 0 aliphatic heterocycles. The van der Waals surface area contributed by atoms with Crippen LogP contribution in [0.25, 0.3) is 0 Å². The van der Waals surface area contributed by atoms with Crippen LogP contribution in [0.5, 0.6) is 0 Å². The molecule has 3 rings (SSSR count). The summed E-state index contributed by atoms with van der Waals surface area (Å²) in [4.78, 5) is 11.8. The Kier molecular flexibility index (Phi) is 13.1. The van der Waals surface area contributed by atoms with Crippen LogP contribution in [0.2, 0.25) is 33.2 Å². The van der Waals surface area contributed by atoms with E-state index in [4.69, 9.17) is 15.4 Å². The molecule has 45 heavy (non-hydrogen) atoms. The van der Waals surface area contributed by atoms with E-state index in [0.29, 0.717) is 45.1 Å². The monoisotopic (exact) mass is 657 g/mol. The summed E-state index contributed by atoms with van der Waals surface area (Å²) in [6.07, 6.45) is 14.1. The number of hydrogen-bond acceptors (Lipinski definition) is 3. The molecule has 3 saturated carbocycles. The van der Waals surface area contributed by atoms with E-state index in [-0.39, 0.29) is 23.5 Å². The zero-order valence-electron chi connectivity index (χ0n) is 32.0. The highest BCUT2D eigenvalue weighted by atomic mass is 28.4. The van der Waals surface area contributed by atoms with Crippen LogP contribution >= 0.6 is 0 Å². The lowest BCUT2D eigenvalue weighted by molar-refractivity contribution is -0.113. The first-order valence-electron chi connectivity index (χ1n) is 18.8. The van der Waals surface area contributed by atoms with Crippen molar-refractivity contribution < 1.29 is 13.6 Å². The molecule has 0 aromatic carbocycles. The molecule has 3 aliphatic rings. The third kappa shape index (κ3) is 7.32. The van der Waals surface area contributed by atoms with Gasteiger partial charge in [-0.1, -0.05) is 121 Å². The van der Waals surface area contributed by atoms with Crippen molar-refractivity contribution in [2.24, 2.45) is 23.2 Å². The Hall–Kier alpha value is -0.756. The Bertz CT molecular complexity index is 1040. The second-order valence-corrected chi connectivity index (χ2v) is 28.3. The molecular formula is C40H72O3Si2. The van der Waals surface area contributed by atoms with Gasteiger partial charge in [0.1, 0.15) is 6.29 Å². The SMILES string of the molecule is C=C1/C(=C/C=C2CCC[C@]3(C)[C@@H]([C@H](C)C=O)CC[C@@H]23)C[C@@H](O[Si](C(C)C)(C(C)C)C(C)C)C[C@@H]1O[Si](C(C)C)(C(C)C)C(C)C. The van der Waals surface area contributed by atoms with Crippen LogP contribution in [-0.4, -0.2) is 35.1 Å². The van der Waals surface area contributed by atoms with Crippen LogP contribution in [0, 0.1) is 23.2 Å². The quantitative estimate of drug-likeness (QED) is 0.146. The molecule has 3 fully saturated rings. The minimum Gasteiger partial charge on any atom is -0.413 e. The second-order valence-electron chi connectivity index (χ2n) is 17.5. The number of carbonyl (C=O) groups is 1. The Morgan fingerprint density at radius 3 is 1.78 bits per heavy atom. The summed E-state index contributed by atoms with van der Waals surface area (Å²) in [5, 5.41) is 0. The van der Waals surface area contributed by atoms with Gasteiger partial charge in [0.05, 0.1) is 12.2 Å². The van der Waals surface area contributed by atoms with Crippen molar-refractivity contribution in [3.05, 3.63) is 35.5 Å². The van der Waals surface area contributed by atoms with E-state index >= 15 is 0 Å². The number of allylic oxidation sites excluding steroid dienone is 3. The van der Waals surface area contributed by atoms with Crippen molar-refractivity contribution in [2.75, 3.05) is 0 Å². The average molecular weight is 657 g/mol. The van der Waals surface area contributed by atoms with Gasteiger partial charge in [0.15, 0.2) is 0 Å². The van der Waals surface area contributed by atoms with E-state index in [9.17, 15) is 4.79 Å². The minimum atomic E-state index is -2.12. The van der Waals surface area contributed by atoms with Crippen molar-refractivity contribution in [1.29, 1.82) is 0 Å². The van der Waals surface area contributed by atoms with Gasteiger partial charge in [0.25, 0.3) is 0 Å². The van der Waals surface area contributed by atoms with Crippen LogP contribution in [-0.2, 0) is 13.6 Å². The smallest absolute Gasteiger partial charge is 0.201 e. The first-order chi connectivity index (χ1) is 20.9. The topological polar surface area (TPSA) is 35.5 Å². The second kappa shape index (κ2) is 15.2. The summed E-state index contributed by atoms with van der Waals surface area (Å²) >= 11 is 0. The molecule has 0 N–H and O–H groups in total. The van der Waals surface area contributed by atoms with Gasteiger partial charge in [0.2, 0.25) is 16.6 Å². The fourth-order valence-corrected chi connectivity index (χ4v) is 22.4. The average Bonchev–Trinajstić information content (AvgIpc) is 3.30. The van der Waals surface area contributed by atoms with Crippen molar-refractivity contribution >= 4 is 22.9 Å². The summed E-state index contributed by atoms with van der Waals surface area (Å²) < 4.78 is 15.1. The predicted molar refractivity (Wildman–Crippen MR) is 200 cm³/mol. The van der Waals surface area contributed by atoms with Gasteiger partial charge in [-0.2, -0.15) is 0 Å². The highest BCUT2D eigenvalue weighted by Crippen LogP contribution is 2.59. The van der Waals surface area contributed by atoms with E-state index in [1.54, 1.807) is 5.57 Å². The summed E-state index contributed by atoms with van der Waals surface area (Å²) in [6.45, 7) is 38.1. The lowest BCUT2D eigenvalue weighted by atomic mass is 9.61. The van der Waals surface area contributed by atoms with Gasteiger partial charge in [-0.05, 0) is 100 Å². The lowest BCUT2D eigenvalue weighted by Gasteiger charge is -2.49. The number of rotatable bonds is 13. The lowest BCUT2D eigenvalue weighted by Crippen LogP contribution is -2.54. The third-order valence-corrected chi connectivity index (χ3v) is 25.5. The molecule has 258 valence electrons. The summed E-state index contributed by atoms with van der Waals surface area (Å²) in [5.74, 6) is 1.22. The Morgan fingerprint density at radius 1 is 0.778 bits per heavy atom. The first kappa shape index (κ1) is 38.7. The third-order valence-electron chi connectivity index (χ3n) is 13.2. The van der Waals surface area contributed by atoms with Crippen LogP contribution in [0.3, 0.4) is 0 Å². The molecule has 0 unspecified atom stereocenters. The molecule has 0 amide bonds. The molecule has 0 bridgehead atoms. The van der Waals surface area contributed by atoms with Crippen molar-refractivity contribution in [1.82, 2.24) is 0 Å². The minimum absolute atomic E-state index is 0.00590. The molecule has 0 saturated heterocycles. The predicted octanol–water partition coefficient (Wildman–Crippen LogP) is 12.4.